The van der Waals surface area contributed by atoms with Gasteiger partial charge >= 0.3 is 0 Å². The average Bonchev–Trinajstić information content (AvgIpc) is 3.24. The molecule has 2 aromatic heterocycles. The van der Waals surface area contributed by atoms with E-state index >= 15 is 0 Å². The molecule has 1 aromatic carbocycles. The number of aryl methyl sites for hydroxylation is 1. The van der Waals surface area contributed by atoms with Gasteiger partial charge in [-0.05, 0) is 36.6 Å². The van der Waals surface area contributed by atoms with Crippen LogP contribution >= 0.6 is 11.3 Å². The number of carbonyl (C=O) groups excluding carboxylic acids is 1. The van der Waals surface area contributed by atoms with E-state index in [0.717, 1.165) is 34.7 Å². The molecule has 3 aromatic rings. The van der Waals surface area contributed by atoms with E-state index in [0.29, 0.717) is 11.0 Å². The van der Waals surface area contributed by atoms with Gasteiger partial charge in [0.25, 0.3) is 0 Å². The number of pyridine rings is 1. The molecular formula is C21H22N4O2S. The van der Waals surface area contributed by atoms with Crippen molar-refractivity contribution in [3.63, 3.8) is 0 Å². The van der Waals surface area contributed by atoms with Crippen molar-refractivity contribution in [1.29, 1.82) is 0 Å². The number of thiazole rings is 1. The number of amides is 1. The zero-order chi connectivity index (χ0) is 19.7. The Labute approximate surface area is 168 Å². The number of benzene rings is 1. The first-order valence-electron chi connectivity index (χ1n) is 9.14. The fraction of sp³-hybridized carbons (Fsp3) is 0.286. The Morgan fingerprint density at radius 3 is 2.93 bits per heavy atom. The lowest BCUT2D eigenvalue weighted by molar-refractivity contribution is -0.115. The van der Waals surface area contributed by atoms with Crippen LogP contribution in [0.2, 0.25) is 0 Å². The maximum atomic E-state index is 12.4. The van der Waals surface area contributed by atoms with E-state index in [2.05, 4.69) is 45.4 Å². The molecule has 0 bridgehead atoms. The predicted molar refractivity (Wildman–Crippen MR) is 112 cm³/mol. The number of hydrogen-bond acceptors (Lipinski definition) is 6. The molecule has 1 N–H and O–H groups in total. The highest BCUT2D eigenvalue weighted by Gasteiger charge is 2.18. The van der Waals surface area contributed by atoms with E-state index < -0.39 is 0 Å². The smallest absolute Gasteiger partial charge is 0.230 e. The van der Waals surface area contributed by atoms with Crippen LogP contribution in [-0.4, -0.2) is 36.6 Å². The quantitative estimate of drug-likeness (QED) is 0.715. The number of rotatable bonds is 5. The van der Waals surface area contributed by atoms with E-state index in [9.17, 15) is 4.79 Å². The normalized spacial score (nSPS) is 12.8. The van der Waals surface area contributed by atoms with Gasteiger partial charge < -0.3 is 15.0 Å². The molecule has 6 nitrogen and oxygen atoms in total. The SMILES string of the molecule is COc1ccc(CC(=O)Nc2nc(-c3ccc4c(c3)CCN4C)c(C)s2)cn1. The molecule has 144 valence electrons. The Balaban J connectivity index is 1.47. The molecule has 1 amide bonds. The number of aromatic nitrogens is 2. The minimum absolute atomic E-state index is 0.108. The molecule has 0 aliphatic carbocycles. The molecule has 28 heavy (non-hydrogen) atoms. The molecule has 4 rings (SSSR count). The van der Waals surface area contributed by atoms with Crippen molar-refractivity contribution in [2.24, 2.45) is 0 Å². The van der Waals surface area contributed by atoms with Crippen molar-refractivity contribution < 1.29 is 9.53 Å². The molecule has 0 spiro atoms. The number of likely N-dealkylation sites (N-methyl/N-ethyl adjacent to an activating group) is 1. The number of fused-ring (bicyclic) bond motifs is 1. The third-order valence-electron chi connectivity index (χ3n) is 4.90. The topological polar surface area (TPSA) is 67.3 Å². The summed E-state index contributed by atoms with van der Waals surface area (Å²) in [4.78, 5) is 24.5. The van der Waals surface area contributed by atoms with E-state index in [-0.39, 0.29) is 12.3 Å². The van der Waals surface area contributed by atoms with Gasteiger partial charge in [-0.2, -0.15) is 0 Å². The third-order valence-corrected chi connectivity index (χ3v) is 5.78. The van der Waals surface area contributed by atoms with Crippen LogP contribution in [0.1, 0.15) is 16.0 Å². The van der Waals surface area contributed by atoms with Crippen LogP contribution in [0.4, 0.5) is 10.8 Å². The summed E-state index contributed by atoms with van der Waals surface area (Å²) < 4.78 is 5.04. The van der Waals surface area contributed by atoms with Crippen LogP contribution < -0.4 is 15.0 Å². The lowest BCUT2D eigenvalue weighted by atomic mass is 10.1. The monoisotopic (exact) mass is 394 g/mol. The fourth-order valence-electron chi connectivity index (χ4n) is 3.42. The first-order valence-corrected chi connectivity index (χ1v) is 9.96. The fourth-order valence-corrected chi connectivity index (χ4v) is 4.27. The van der Waals surface area contributed by atoms with Gasteiger partial charge in [0.05, 0.1) is 19.2 Å². The van der Waals surface area contributed by atoms with E-state index in [1.54, 1.807) is 19.4 Å². The summed E-state index contributed by atoms with van der Waals surface area (Å²) in [6, 6.07) is 10.1. The second-order valence-electron chi connectivity index (χ2n) is 6.87. The number of anilines is 2. The summed E-state index contributed by atoms with van der Waals surface area (Å²) in [5.41, 5.74) is 5.50. The van der Waals surface area contributed by atoms with Gasteiger partial charge in [0, 0.05) is 42.0 Å². The largest absolute Gasteiger partial charge is 0.481 e. The molecule has 0 fully saturated rings. The Morgan fingerprint density at radius 1 is 1.32 bits per heavy atom. The Kier molecular flexibility index (Phi) is 5.00. The van der Waals surface area contributed by atoms with Crippen LogP contribution in [0.15, 0.2) is 36.5 Å². The minimum Gasteiger partial charge on any atom is -0.481 e. The van der Waals surface area contributed by atoms with Gasteiger partial charge in [-0.1, -0.05) is 12.1 Å². The Morgan fingerprint density at radius 2 is 2.18 bits per heavy atom. The van der Waals surface area contributed by atoms with Crippen LogP contribution in [-0.2, 0) is 17.6 Å². The van der Waals surface area contributed by atoms with Gasteiger partial charge in [-0.3, -0.25) is 4.79 Å². The molecule has 0 saturated carbocycles. The van der Waals surface area contributed by atoms with Crippen molar-refractivity contribution >= 4 is 28.1 Å². The zero-order valence-corrected chi connectivity index (χ0v) is 17.0. The second kappa shape index (κ2) is 7.59. The minimum atomic E-state index is -0.108. The summed E-state index contributed by atoms with van der Waals surface area (Å²) in [7, 11) is 3.68. The third kappa shape index (κ3) is 3.71. The summed E-state index contributed by atoms with van der Waals surface area (Å²) in [5.74, 6) is 0.424. The molecule has 1 aliphatic rings. The zero-order valence-electron chi connectivity index (χ0n) is 16.2. The number of methoxy groups -OCH3 is 1. The highest BCUT2D eigenvalue weighted by molar-refractivity contribution is 7.16. The van der Waals surface area contributed by atoms with Gasteiger partial charge in [-0.25, -0.2) is 9.97 Å². The van der Waals surface area contributed by atoms with Gasteiger partial charge in [0.1, 0.15) is 0 Å². The number of carbonyl (C=O) groups is 1. The number of nitrogens with one attached hydrogen (secondary N) is 1. The lowest BCUT2D eigenvalue weighted by Crippen LogP contribution is -2.14. The van der Waals surface area contributed by atoms with Gasteiger partial charge in [0.15, 0.2) is 5.13 Å². The molecule has 0 atom stereocenters. The van der Waals surface area contributed by atoms with Crippen molar-refractivity contribution in [2.45, 2.75) is 19.8 Å². The Bertz CT molecular complexity index is 1010. The van der Waals surface area contributed by atoms with E-state index in [1.807, 2.05) is 13.0 Å². The molecular weight excluding hydrogens is 372 g/mol. The standard InChI is InChI=1S/C21H22N4O2S/c1-13-20(16-5-6-17-15(11-16)8-9-25(17)2)24-21(28-13)23-18(26)10-14-4-7-19(27-3)22-12-14/h4-7,11-12H,8-10H2,1-3H3,(H,23,24,26). The van der Waals surface area contributed by atoms with Gasteiger partial charge in [-0.15, -0.1) is 11.3 Å². The lowest BCUT2D eigenvalue weighted by Gasteiger charge is -2.11. The maximum Gasteiger partial charge on any atom is 0.230 e. The second-order valence-corrected chi connectivity index (χ2v) is 8.08. The molecule has 0 radical (unpaired) electrons. The molecule has 1 aliphatic heterocycles. The van der Waals surface area contributed by atoms with Crippen molar-refractivity contribution in [3.8, 4) is 17.1 Å². The van der Waals surface area contributed by atoms with Crippen LogP contribution in [0.5, 0.6) is 5.88 Å². The maximum absolute atomic E-state index is 12.4. The first kappa shape index (κ1) is 18.4. The molecule has 7 heteroatoms. The number of nitrogens with zero attached hydrogens (tertiary/aromatic N) is 3. The van der Waals surface area contributed by atoms with E-state index in [1.165, 1.54) is 22.6 Å². The number of hydrogen-bond donors (Lipinski definition) is 1. The summed E-state index contributed by atoms with van der Waals surface area (Å²) in [6.45, 7) is 3.09. The van der Waals surface area contributed by atoms with Crippen LogP contribution in [0.25, 0.3) is 11.3 Å². The molecule has 0 saturated heterocycles. The van der Waals surface area contributed by atoms with E-state index in [4.69, 9.17) is 4.74 Å². The van der Waals surface area contributed by atoms with Crippen molar-refractivity contribution in [2.75, 3.05) is 30.9 Å². The number of ether oxygens (including phenoxy) is 1. The molecule has 3 heterocycles. The van der Waals surface area contributed by atoms with Crippen LogP contribution in [0.3, 0.4) is 0 Å². The Hall–Kier alpha value is -2.93. The van der Waals surface area contributed by atoms with Crippen molar-refractivity contribution in [1.82, 2.24) is 9.97 Å². The summed E-state index contributed by atoms with van der Waals surface area (Å²) >= 11 is 1.50. The summed E-state index contributed by atoms with van der Waals surface area (Å²) in [5, 5.41) is 3.53. The van der Waals surface area contributed by atoms with Gasteiger partial charge in [0.2, 0.25) is 11.8 Å². The first-order chi connectivity index (χ1) is 13.5. The predicted octanol–water partition coefficient (Wildman–Crippen LogP) is 3.70. The van der Waals surface area contributed by atoms with Crippen LogP contribution in [0, 0.1) is 6.92 Å². The average molecular weight is 395 g/mol. The highest BCUT2D eigenvalue weighted by atomic mass is 32.1. The highest BCUT2D eigenvalue weighted by Crippen LogP contribution is 2.35. The molecule has 0 unspecified atom stereocenters. The summed E-state index contributed by atoms with van der Waals surface area (Å²) in [6.07, 6.45) is 2.96. The van der Waals surface area contributed by atoms with Crippen molar-refractivity contribution in [3.05, 3.63) is 52.5 Å².